The average molecular weight is 427 g/mol. The lowest BCUT2D eigenvalue weighted by atomic mass is 10.1. The van der Waals surface area contributed by atoms with Crippen molar-refractivity contribution in [3.05, 3.63) is 89.4 Å². The first-order valence-corrected chi connectivity index (χ1v) is 9.80. The summed E-state index contributed by atoms with van der Waals surface area (Å²) in [7, 11) is 3.16. The second kappa shape index (κ2) is 9.18. The van der Waals surface area contributed by atoms with E-state index < -0.39 is 0 Å². The minimum atomic E-state index is -0.00387. The zero-order valence-corrected chi connectivity index (χ0v) is 17.6. The predicted octanol–water partition coefficient (Wildman–Crippen LogP) is 5.15. The number of aliphatic hydroxyl groups excluding tert-OH is 2. The summed E-state index contributed by atoms with van der Waals surface area (Å²) < 4.78 is 10.3. The van der Waals surface area contributed by atoms with E-state index in [4.69, 9.17) is 9.47 Å². The van der Waals surface area contributed by atoms with Crippen molar-refractivity contribution in [3.8, 4) is 11.5 Å². The van der Waals surface area contributed by atoms with Gasteiger partial charge >= 0.3 is 0 Å². The fraction of sp³-hybridized carbons (Fsp3) is 0.0800. The molecule has 2 N–H and O–H groups in total. The zero-order valence-electron chi connectivity index (χ0n) is 17.6. The van der Waals surface area contributed by atoms with E-state index >= 15 is 0 Å². The van der Waals surface area contributed by atoms with Gasteiger partial charge < -0.3 is 19.7 Å². The van der Waals surface area contributed by atoms with Crippen LogP contribution in [0.2, 0.25) is 0 Å². The third-order valence-corrected chi connectivity index (χ3v) is 4.81. The van der Waals surface area contributed by atoms with Crippen LogP contribution >= 0.6 is 0 Å². The number of ether oxygens (including phenoxy) is 2. The molecule has 2 heterocycles. The van der Waals surface area contributed by atoms with Gasteiger partial charge in [-0.2, -0.15) is 0 Å². The number of methoxy groups -OCH3 is 2. The molecular formula is C25H21N3O4. The molecule has 32 heavy (non-hydrogen) atoms. The monoisotopic (exact) mass is 427 g/mol. The molecule has 7 nitrogen and oxygen atoms in total. The fourth-order valence-electron chi connectivity index (χ4n) is 3.08. The van der Waals surface area contributed by atoms with Crippen molar-refractivity contribution in [1.29, 1.82) is 0 Å². The third kappa shape index (κ3) is 4.52. The summed E-state index contributed by atoms with van der Waals surface area (Å²) in [6.07, 6.45) is 4.63. The molecule has 0 spiro atoms. The van der Waals surface area contributed by atoms with E-state index in [1.54, 1.807) is 81.1 Å². The predicted molar refractivity (Wildman–Crippen MR) is 124 cm³/mol. The molecule has 0 bridgehead atoms. The van der Waals surface area contributed by atoms with Crippen molar-refractivity contribution < 1.29 is 19.7 Å². The van der Waals surface area contributed by atoms with Crippen LogP contribution in [0.15, 0.2) is 66.9 Å². The number of rotatable bonds is 6. The van der Waals surface area contributed by atoms with Crippen molar-refractivity contribution in [1.82, 2.24) is 15.0 Å². The molecule has 0 aliphatic carbocycles. The summed E-state index contributed by atoms with van der Waals surface area (Å²) >= 11 is 0. The Morgan fingerprint density at radius 2 is 1.22 bits per heavy atom. The van der Waals surface area contributed by atoms with Crippen LogP contribution in [0.4, 0.5) is 0 Å². The van der Waals surface area contributed by atoms with Crippen LogP contribution in [0.5, 0.6) is 11.5 Å². The molecule has 2 aromatic carbocycles. The Balaban J connectivity index is 1.79. The Morgan fingerprint density at radius 1 is 0.719 bits per heavy atom. The lowest BCUT2D eigenvalue weighted by molar-refractivity contribution is 0.414. The van der Waals surface area contributed by atoms with E-state index in [1.807, 2.05) is 0 Å². The maximum Gasteiger partial charge on any atom is 0.178 e. The number of aliphatic hydroxyl groups is 2. The van der Waals surface area contributed by atoms with Crippen molar-refractivity contribution >= 4 is 34.8 Å². The van der Waals surface area contributed by atoms with E-state index in [0.29, 0.717) is 45.2 Å². The highest BCUT2D eigenvalue weighted by Gasteiger charge is 2.11. The molecule has 0 aliphatic rings. The second-order valence-electron chi connectivity index (χ2n) is 6.86. The number of pyridine rings is 1. The molecular weight excluding hydrogens is 406 g/mol. The Kier molecular flexibility index (Phi) is 5.98. The highest BCUT2D eigenvalue weighted by Crippen LogP contribution is 2.24. The number of hydrogen-bond acceptors (Lipinski definition) is 7. The van der Waals surface area contributed by atoms with Gasteiger partial charge in [0, 0.05) is 29.5 Å². The van der Waals surface area contributed by atoms with Gasteiger partial charge in [-0.15, -0.1) is 0 Å². The SMILES string of the molecule is COc1ccc(C(O)=Cc2nc3cccnc3nc2C=C(O)c2ccc(OC)cc2)cc1. The second-order valence-corrected chi connectivity index (χ2v) is 6.86. The van der Waals surface area contributed by atoms with E-state index in [9.17, 15) is 10.2 Å². The van der Waals surface area contributed by atoms with E-state index in [2.05, 4.69) is 15.0 Å². The molecule has 0 saturated heterocycles. The smallest absolute Gasteiger partial charge is 0.178 e. The molecule has 0 unspecified atom stereocenters. The van der Waals surface area contributed by atoms with Gasteiger partial charge in [0.1, 0.15) is 28.5 Å². The van der Waals surface area contributed by atoms with Crippen molar-refractivity contribution in [2.24, 2.45) is 0 Å². The van der Waals surface area contributed by atoms with Gasteiger partial charge in [-0.25, -0.2) is 15.0 Å². The first-order valence-electron chi connectivity index (χ1n) is 9.80. The van der Waals surface area contributed by atoms with Gasteiger partial charge in [0.05, 0.1) is 25.6 Å². The van der Waals surface area contributed by atoms with Gasteiger partial charge in [0.15, 0.2) is 5.65 Å². The first-order chi connectivity index (χ1) is 15.6. The molecule has 0 atom stereocenters. The van der Waals surface area contributed by atoms with Gasteiger partial charge in [-0.3, -0.25) is 0 Å². The van der Waals surface area contributed by atoms with Crippen LogP contribution in [0.3, 0.4) is 0 Å². The summed E-state index contributed by atoms with van der Waals surface area (Å²) in [5, 5.41) is 21.4. The number of benzene rings is 2. The van der Waals surface area contributed by atoms with E-state index in [-0.39, 0.29) is 11.5 Å². The summed E-state index contributed by atoms with van der Waals surface area (Å²) in [4.78, 5) is 13.4. The van der Waals surface area contributed by atoms with Gasteiger partial charge in [-0.05, 0) is 60.7 Å². The number of hydrogen-bond donors (Lipinski definition) is 2. The average Bonchev–Trinajstić information content (AvgIpc) is 2.84. The topological polar surface area (TPSA) is 97.6 Å². The number of fused-ring (bicyclic) bond motifs is 1. The van der Waals surface area contributed by atoms with Crippen LogP contribution in [0.25, 0.3) is 34.8 Å². The molecule has 0 fully saturated rings. The number of nitrogens with zero attached hydrogens (tertiary/aromatic N) is 3. The summed E-state index contributed by atoms with van der Waals surface area (Å²) in [5.74, 6) is 1.37. The zero-order chi connectivity index (χ0) is 22.5. The normalized spacial score (nSPS) is 12.1. The van der Waals surface area contributed by atoms with Crippen LogP contribution in [-0.2, 0) is 0 Å². The molecule has 2 aromatic heterocycles. The third-order valence-electron chi connectivity index (χ3n) is 4.81. The lowest BCUT2D eigenvalue weighted by Crippen LogP contribution is -1.98. The Hall–Kier alpha value is -4.39. The molecule has 7 heteroatoms. The molecule has 4 rings (SSSR count). The minimum absolute atomic E-state index is 0.00350. The van der Waals surface area contributed by atoms with Crippen molar-refractivity contribution in [3.63, 3.8) is 0 Å². The number of aromatic nitrogens is 3. The summed E-state index contributed by atoms with van der Waals surface area (Å²) in [6, 6.07) is 17.5. The molecule has 0 aliphatic heterocycles. The Labute approximate surface area is 185 Å². The van der Waals surface area contributed by atoms with Crippen molar-refractivity contribution in [2.45, 2.75) is 0 Å². The van der Waals surface area contributed by atoms with E-state index in [0.717, 1.165) is 0 Å². The highest BCUT2D eigenvalue weighted by atomic mass is 16.5. The van der Waals surface area contributed by atoms with Crippen LogP contribution in [0, 0.1) is 0 Å². The van der Waals surface area contributed by atoms with Crippen LogP contribution in [0.1, 0.15) is 22.5 Å². The maximum absolute atomic E-state index is 10.7. The van der Waals surface area contributed by atoms with Gasteiger partial charge in [-0.1, -0.05) is 0 Å². The molecule has 0 radical (unpaired) electrons. The maximum atomic E-state index is 10.7. The minimum Gasteiger partial charge on any atom is -0.507 e. The molecule has 4 aromatic rings. The molecule has 0 amide bonds. The molecule has 160 valence electrons. The highest BCUT2D eigenvalue weighted by molar-refractivity contribution is 5.85. The van der Waals surface area contributed by atoms with Crippen LogP contribution < -0.4 is 9.47 Å². The molecule has 0 saturated carbocycles. The summed E-state index contributed by atoms with van der Waals surface area (Å²) in [6.45, 7) is 0. The van der Waals surface area contributed by atoms with Crippen LogP contribution in [-0.4, -0.2) is 39.4 Å². The Bertz CT molecular complexity index is 1200. The van der Waals surface area contributed by atoms with Gasteiger partial charge in [0.2, 0.25) is 0 Å². The quantitative estimate of drug-likeness (QED) is 0.411. The van der Waals surface area contributed by atoms with Gasteiger partial charge in [0.25, 0.3) is 0 Å². The first kappa shape index (κ1) is 20.9. The van der Waals surface area contributed by atoms with E-state index in [1.165, 1.54) is 12.2 Å². The summed E-state index contributed by atoms with van der Waals surface area (Å²) in [5.41, 5.74) is 2.93. The Morgan fingerprint density at radius 3 is 1.72 bits per heavy atom. The standard InChI is InChI=1S/C25H21N3O4/c1-31-18-9-5-16(6-10-18)23(29)14-21-22(28-25-20(27-21)4-3-13-26-25)15-24(30)17-7-11-19(32-2)12-8-17/h3-15,29-30H,1-2H3. The lowest BCUT2D eigenvalue weighted by Gasteiger charge is -2.07. The largest absolute Gasteiger partial charge is 0.507 e. The fourth-order valence-corrected chi connectivity index (χ4v) is 3.08. The van der Waals surface area contributed by atoms with Crippen molar-refractivity contribution in [2.75, 3.05) is 14.2 Å².